The van der Waals surface area contributed by atoms with Crippen molar-refractivity contribution in [1.29, 1.82) is 0 Å². The number of halogens is 2. The summed E-state index contributed by atoms with van der Waals surface area (Å²) in [4.78, 5) is 31.0. The van der Waals surface area contributed by atoms with Crippen LogP contribution in [0.3, 0.4) is 0 Å². The molecular formula is C14H16F2N4O4. The number of aromatic nitrogens is 1. The van der Waals surface area contributed by atoms with Gasteiger partial charge in [-0.05, 0) is 12.1 Å². The highest BCUT2D eigenvalue weighted by atomic mass is 19.3. The molecule has 1 N–H and O–H groups in total. The first-order valence-electron chi connectivity index (χ1n) is 7.43. The van der Waals surface area contributed by atoms with E-state index in [-0.39, 0.29) is 29.7 Å². The number of urea groups is 1. The Labute approximate surface area is 136 Å². The maximum absolute atomic E-state index is 12.3. The third-order valence-electron chi connectivity index (χ3n) is 3.88. The fraction of sp³-hybridized carbons (Fsp3) is 0.500. The minimum Gasteiger partial charge on any atom is -0.449 e. The Morgan fingerprint density at radius 2 is 2.25 bits per heavy atom. The number of pyridine rings is 1. The fourth-order valence-corrected chi connectivity index (χ4v) is 2.71. The largest absolute Gasteiger partial charge is 0.449 e. The first-order chi connectivity index (χ1) is 11.5. The van der Waals surface area contributed by atoms with Crippen molar-refractivity contribution in [3.05, 3.63) is 18.3 Å². The predicted octanol–water partition coefficient (Wildman–Crippen LogP) is 1.74. The van der Waals surface area contributed by atoms with E-state index in [0.717, 1.165) is 6.20 Å². The predicted molar refractivity (Wildman–Crippen MR) is 77.9 cm³/mol. The monoisotopic (exact) mass is 342 g/mol. The lowest BCUT2D eigenvalue weighted by Gasteiger charge is -2.42. The number of anilines is 1. The number of fused-ring (bicyclic) bond motifs is 1. The second-order valence-electron chi connectivity index (χ2n) is 5.38. The van der Waals surface area contributed by atoms with Crippen LogP contribution in [0.4, 0.5) is 24.2 Å². The Kier molecular flexibility index (Phi) is 4.63. The number of cyclic esters (lactones) is 1. The van der Waals surface area contributed by atoms with Gasteiger partial charge in [0.2, 0.25) is 0 Å². The molecule has 3 amide bonds. The van der Waals surface area contributed by atoms with Gasteiger partial charge < -0.3 is 19.3 Å². The number of nitrogens with one attached hydrogen (secondary N) is 1. The van der Waals surface area contributed by atoms with Crippen molar-refractivity contribution in [2.45, 2.75) is 19.1 Å². The molecular weight excluding hydrogens is 326 g/mol. The number of hydrogen-bond donors (Lipinski definition) is 1. The zero-order valence-corrected chi connectivity index (χ0v) is 12.7. The summed E-state index contributed by atoms with van der Waals surface area (Å²) < 4.78 is 33.3. The van der Waals surface area contributed by atoms with Gasteiger partial charge in [-0.15, -0.1) is 0 Å². The molecule has 2 aliphatic rings. The van der Waals surface area contributed by atoms with E-state index in [2.05, 4.69) is 15.0 Å². The van der Waals surface area contributed by atoms with E-state index in [9.17, 15) is 18.4 Å². The lowest BCUT2D eigenvalue weighted by molar-refractivity contribution is -0.0500. The van der Waals surface area contributed by atoms with Crippen molar-refractivity contribution in [2.75, 3.05) is 31.6 Å². The molecule has 2 fully saturated rings. The minimum atomic E-state index is -2.93. The molecule has 2 saturated heterocycles. The van der Waals surface area contributed by atoms with E-state index in [1.807, 2.05) is 0 Å². The molecule has 0 bridgehead atoms. The molecule has 0 spiro atoms. The minimum absolute atomic E-state index is 0.0551. The van der Waals surface area contributed by atoms with E-state index < -0.39 is 6.61 Å². The van der Waals surface area contributed by atoms with Gasteiger partial charge in [0.1, 0.15) is 11.6 Å². The van der Waals surface area contributed by atoms with E-state index in [4.69, 9.17) is 4.74 Å². The SMILES string of the molecule is O=C(Nc1ccc(OC(F)F)cn1)N1CCN2C(=O)OCC[C@H]2C1. The van der Waals surface area contributed by atoms with Crippen LogP contribution in [-0.4, -0.2) is 65.8 Å². The number of carbonyl (C=O) groups excluding carboxylic acids is 2. The van der Waals surface area contributed by atoms with E-state index >= 15 is 0 Å². The molecule has 0 unspecified atom stereocenters. The molecule has 1 atom stereocenters. The lowest BCUT2D eigenvalue weighted by atomic mass is 10.1. The maximum atomic E-state index is 12.3. The Morgan fingerprint density at radius 3 is 2.96 bits per heavy atom. The van der Waals surface area contributed by atoms with Crippen molar-refractivity contribution >= 4 is 17.9 Å². The van der Waals surface area contributed by atoms with E-state index in [1.54, 1.807) is 9.80 Å². The number of amides is 3. The molecule has 10 heteroatoms. The van der Waals surface area contributed by atoms with Crippen molar-refractivity contribution < 1.29 is 27.8 Å². The van der Waals surface area contributed by atoms with Gasteiger partial charge >= 0.3 is 18.7 Å². The average Bonchev–Trinajstić information content (AvgIpc) is 2.56. The van der Waals surface area contributed by atoms with Gasteiger partial charge in [-0.1, -0.05) is 0 Å². The van der Waals surface area contributed by atoms with Crippen LogP contribution in [0.2, 0.25) is 0 Å². The van der Waals surface area contributed by atoms with Gasteiger partial charge in [0.25, 0.3) is 0 Å². The number of hydrogen-bond acceptors (Lipinski definition) is 5. The molecule has 0 aromatic carbocycles. The molecule has 0 radical (unpaired) electrons. The third-order valence-corrected chi connectivity index (χ3v) is 3.88. The molecule has 1 aromatic rings. The summed E-state index contributed by atoms with van der Waals surface area (Å²) in [5.41, 5.74) is 0. The summed E-state index contributed by atoms with van der Waals surface area (Å²) in [5, 5.41) is 2.60. The van der Waals surface area contributed by atoms with Crippen LogP contribution in [0, 0.1) is 0 Å². The van der Waals surface area contributed by atoms with Crippen LogP contribution in [0.5, 0.6) is 5.75 Å². The smallest absolute Gasteiger partial charge is 0.410 e. The van der Waals surface area contributed by atoms with Crippen molar-refractivity contribution in [1.82, 2.24) is 14.8 Å². The number of nitrogens with zero attached hydrogens (tertiary/aromatic N) is 3. The van der Waals surface area contributed by atoms with E-state index in [0.29, 0.717) is 32.7 Å². The third kappa shape index (κ3) is 3.63. The van der Waals surface area contributed by atoms with Gasteiger partial charge in [-0.2, -0.15) is 8.78 Å². The highest BCUT2D eigenvalue weighted by Crippen LogP contribution is 2.20. The first-order valence-corrected chi connectivity index (χ1v) is 7.43. The summed E-state index contributed by atoms with van der Waals surface area (Å²) in [6.45, 7) is -1.38. The van der Waals surface area contributed by atoms with Crippen LogP contribution in [0.25, 0.3) is 0 Å². The Balaban J connectivity index is 1.56. The van der Waals surface area contributed by atoms with Gasteiger partial charge in [-0.3, -0.25) is 5.32 Å². The normalized spacial score (nSPS) is 20.5. The van der Waals surface area contributed by atoms with Crippen LogP contribution in [0.15, 0.2) is 18.3 Å². The van der Waals surface area contributed by atoms with Crippen LogP contribution >= 0.6 is 0 Å². The number of rotatable bonds is 3. The number of ether oxygens (including phenoxy) is 2. The molecule has 0 aliphatic carbocycles. The average molecular weight is 342 g/mol. The van der Waals surface area contributed by atoms with Gasteiger partial charge in [0, 0.05) is 26.1 Å². The quantitative estimate of drug-likeness (QED) is 0.905. The van der Waals surface area contributed by atoms with Crippen molar-refractivity contribution in [3.8, 4) is 5.75 Å². The second kappa shape index (κ2) is 6.85. The van der Waals surface area contributed by atoms with Gasteiger partial charge in [0.05, 0.1) is 18.8 Å². The molecule has 8 nitrogen and oxygen atoms in total. The highest BCUT2D eigenvalue weighted by Gasteiger charge is 2.36. The Hall–Kier alpha value is -2.65. The summed E-state index contributed by atoms with van der Waals surface area (Å²) in [6, 6.07) is 2.26. The van der Waals surface area contributed by atoms with Crippen LogP contribution in [-0.2, 0) is 4.74 Å². The van der Waals surface area contributed by atoms with E-state index in [1.165, 1.54) is 12.1 Å². The zero-order chi connectivity index (χ0) is 17.1. The molecule has 1 aromatic heterocycles. The van der Waals surface area contributed by atoms with Crippen molar-refractivity contribution in [2.24, 2.45) is 0 Å². The number of alkyl halides is 2. The topological polar surface area (TPSA) is 84.0 Å². The highest BCUT2D eigenvalue weighted by molar-refractivity contribution is 5.88. The molecule has 3 rings (SSSR count). The fourth-order valence-electron chi connectivity index (χ4n) is 2.71. The standard InChI is InChI=1S/C14H16F2N4O4/c15-12(16)24-10-1-2-11(17-7-10)18-13(21)19-4-5-20-9(8-19)3-6-23-14(20)22/h1-2,7,9,12H,3-6,8H2,(H,17,18,21)/t9-/m0/s1. The van der Waals surface area contributed by atoms with Crippen molar-refractivity contribution in [3.63, 3.8) is 0 Å². The summed E-state index contributed by atoms with van der Waals surface area (Å²) in [5.74, 6) is 0.143. The van der Waals surface area contributed by atoms with Gasteiger partial charge in [0.15, 0.2) is 0 Å². The maximum Gasteiger partial charge on any atom is 0.410 e. The molecule has 2 aliphatic heterocycles. The van der Waals surface area contributed by atoms with Crippen LogP contribution < -0.4 is 10.1 Å². The summed E-state index contributed by atoms with van der Waals surface area (Å²) >= 11 is 0. The lowest BCUT2D eigenvalue weighted by Crippen LogP contribution is -2.59. The first kappa shape index (κ1) is 16.2. The molecule has 0 saturated carbocycles. The Morgan fingerprint density at radius 1 is 1.42 bits per heavy atom. The molecule has 130 valence electrons. The Bertz CT molecular complexity index is 613. The zero-order valence-electron chi connectivity index (χ0n) is 12.7. The summed E-state index contributed by atoms with van der Waals surface area (Å²) in [7, 11) is 0. The van der Waals surface area contributed by atoms with Gasteiger partial charge in [-0.25, -0.2) is 14.6 Å². The van der Waals surface area contributed by atoms with Crippen LogP contribution in [0.1, 0.15) is 6.42 Å². The molecule has 24 heavy (non-hydrogen) atoms. The molecule has 3 heterocycles. The summed E-state index contributed by atoms with van der Waals surface area (Å²) in [6.07, 6.45) is 1.44. The second-order valence-corrected chi connectivity index (χ2v) is 5.38. The number of piperazine rings is 1. The number of carbonyl (C=O) groups is 2.